The van der Waals surface area contributed by atoms with Gasteiger partial charge in [0.05, 0.1) is 19.6 Å². The lowest BCUT2D eigenvalue weighted by Gasteiger charge is -2.47. The first-order valence-electron chi connectivity index (χ1n) is 9.94. The van der Waals surface area contributed by atoms with Crippen LogP contribution in [0.3, 0.4) is 0 Å². The molecule has 1 aliphatic rings. The molecule has 0 aliphatic carbocycles. The minimum Gasteiger partial charge on any atom is -0.497 e. The Hall–Kier alpha value is -3.60. The fourth-order valence-corrected chi connectivity index (χ4v) is 3.77. The summed E-state index contributed by atoms with van der Waals surface area (Å²) in [6.07, 6.45) is 0.241. The molecule has 5 heteroatoms. The molecule has 0 unspecified atom stereocenters. The average Bonchev–Trinajstić information content (AvgIpc) is 2.77. The first kappa shape index (κ1) is 19.7. The van der Waals surface area contributed by atoms with E-state index < -0.39 is 6.04 Å². The lowest BCUT2D eigenvalue weighted by Crippen LogP contribution is -2.66. The number of rotatable bonds is 6. The molecule has 1 N–H and O–H groups in total. The summed E-state index contributed by atoms with van der Waals surface area (Å²) in [4.78, 5) is 27.4. The Labute approximate surface area is 176 Å². The lowest BCUT2D eigenvalue weighted by molar-refractivity contribution is -0.132. The topological polar surface area (TPSA) is 58.6 Å². The Morgan fingerprint density at radius 3 is 2.27 bits per heavy atom. The molecule has 152 valence electrons. The van der Waals surface area contributed by atoms with Crippen molar-refractivity contribution in [2.75, 3.05) is 12.0 Å². The summed E-state index contributed by atoms with van der Waals surface area (Å²) in [6, 6.07) is 24.1. The fraction of sp³-hybridized carbons (Fsp3) is 0.200. The summed E-state index contributed by atoms with van der Waals surface area (Å²) in [5, 5.41) is 2.94. The van der Waals surface area contributed by atoms with E-state index >= 15 is 0 Å². The van der Waals surface area contributed by atoms with Crippen LogP contribution in [0.1, 0.15) is 22.7 Å². The maximum absolute atomic E-state index is 13.0. The van der Waals surface area contributed by atoms with Crippen molar-refractivity contribution < 1.29 is 14.3 Å². The number of nitrogens with one attached hydrogen (secondary N) is 1. The maximum Gasteiger partial charge on any atom is 0.252 e. The second-order valence-corrected chi connectivity index (χ2v) is 7.47. The Morgan fingerprint density at radius 2 is 1.63 bits per heavy atom. The Bertz CT molecular complexity index is 1030. The SMILES string of the molecule is COc1ccc([C@@H]2[C@H](NC(=O)Cc3ccccc3)C(=O)N2c2ccc(C)cc2)cc1. The Kier molecular flexibility index (Phi) is 5.53. The molecule has 0 radical (unpaired) electrons. The highest BCUT2D eigenvalue weighted by Gasteiger charge is 2.49. The molecule has 0 saturated carbocycles. The molecule has 4 rings (SSSR count). The van der Waals surface area contributed by atoms with Crippen LogP contribution >= 0.6 is 0 Å². The van der Waals surface area contributed by atoms with E-state index in [4.69, 9.17) is 4.74 Å². The van der Waals surface area contributed by atoms with Crippen molar-refractivity contribution in [3.05, 3.63) is 95.6 Å². The van der Waals surface area contributed by atoms with E-state index in [1.165, 1.54) is 0 Å². The molecule has 30 heavy (non-hydrogen) atoms. The van der Waals surface area contributed by atoms with Gasteiger partial charge in [0, 0.05) is 5.69 Å². The van der Waals surface area contributed by atoms with Gasteiger partial charge in [0.15, 0.2) is 0 Å². The van der Waals surface area contributed by atoms with Gasteiger partial charge in [-0.2, -0.15) is 0 Å². The molecule has 1 fully saturated rings. The summed E-state index contributed by atoms with van der Waals surface area (Å²) >= 11 is 0. The highest BCUT2D eigenvalue weighted by molar-refractivity contribution is 6.07. The first-order chi connectivity index (χ1) is 14.6. The highest BCUT2D eigenvalue weighted by Crippen LogP contribution is 2.39. The number of hydrogen-bond acceptors (Lipinski definition) is 3. The van der Waals surface area contributed by atoms with E-state index in [1.54, 1.807) is 12.0 Å². The predicted molar refractivity (Wildman–Crippen MR) is 116 cm³/mol. The largest absolute Gasteiger partial charge is 0.497 e. The molecule has 2 amide bonds. The van der Waals surface area contributed by atoms with E-state index in [1.807, 2.05) is 85.8 Å². The molecule has 1 saturated heterocycles. The van der Waals surface area contributed by atoms with Gasteiger partial charge in [-0.25, -0.2) is 0 Å². The summed E-state index contributed by atoms with van der Waals surface area (Å²) in [5.74, 6) is 0.471. The van der Waals surface area contributed by atoms with Crippen molar-refractivity contribution in [1.82, 2.24) is 5.32 Å². The van der Waals surface area contributed by atoms with Crippen LogP contribution in [-0.2, 0) is 16.0 Å². The molecule has 0 bridgehead atoms. The monoisotopic (exact) mass is 400 g/mol. The molecular weight excluding hydrogens is 376 g/mol. The molecule has 0 spiro atoms. The van der Waals surface area contributed by atoms with Crippen LogP contribution in [0.25, 0.3) is 0 Å². The van der Waals surface area contributed by atoms with Gasteiger partial charge >= 0.3 is 0 Å². The second kappa shape index (κ2) is 8.41. The normalized spacial score (nSPS) is 17.9. The number of aryl methyl sites for hydroxylation is 1. The van der Waals surface area contributed by atoms with E-state index in [0.717, 1.165) is 28.1 Å². The molecule has 0 aromatic heterocycles. The van der Waals surface area contributed by atoms with Crippen molar-refractivity contribution in [3.63, 3.8) is 0 Å². The van der Waals surface area contributed by atoms with Crippen molar-refractivity contribution in [1.29, 1.82) is 0 Å². The fourth-order valence-electron chi connectivity index (χ4n) is 3.77. The van der Waals surface area contributed by atoms with Crippen molar-refractivity contribution >= 4 is 17.5 Å². The molecule has 1 heterocycles. The summed E-state index contributed by atoms with van der Waals surface area (Å²) in [6.45, 7) is 2.01. The van der Waals surface area contributed by atoms with Gasteiger partial charge in [-0.3, -0.25) is 9.59 Å². The van der Waals surface area contributed by atoms with Gasteiger partial charge < -0.3 is 15.0 Å². The second-order valence-electron chi connectivity index (χ2n) is 7.47. The zero-order chi connectivity index (χ0) is 21.1. The van der Waals surface area contributed by atoms with Gasteiger partial charge in [0.1, 0.15) is 11.8 Å². The standard InChI is InChI=1S/C25H24N2O3/c1-17-8-12-20(13-9-17)27-24(19-10-14-21(30-2)15-11-19)23(25(27)29)26-22(28)16-18-6-4-3-5-7-18/h3-15,23-24H,16H2,1-2H3,(H,26,28)/t23-,24+/m0/s1. The predicted octanol–water partition coefficient (Wildman–Crippen LogP) is 3.82. The Morgan fingerprint density at radius 1 is 0.967 bits per heavy atom. The minimum absolute atomic E-state index is 0.110. The van der Waals surface area contributed by atoms with Crippen LogP contribution in [0, 0.1) is 6.92 Å². The van der Waals surface area contributed by atoms with E-state index in [9.17, 15) is 9.59 Å². The first-order valence-corrected chi connectivity index (χ1v) is 9.94. The smallest absolute Gasteiger partial charge is 0.252 e. The molecule has 5 nitrogen and oxygen atoms in total. The summed E-state index contributed by atoms with van der Waals surface area (Å²) in [7, 11) is 1.62. The Balaban J connectivity index is 1.58. The van der Waals surface area contributed by atoms with Crippen LogP contribution in [0.2, 0.25) is 0 Å². The van der Waals surface area contributed by atoms with Gasteiger partial charge in [0.25, 0.3) is 5.91 Å². The zero-order valence-electron chi connectivity index (χ0n) is 17.0. The van der Waals surface area contributed by atoms with Crippen LogP contribution < -0.4 is 15.0 Å². The van der Waals surface area contributed by atoms with Crippen LogP contribution in [-0.4, -0.2) is 25.0 Å². The minimum atomic E-state index is -0.601. The van der Waals surface area contributed by atoms with Crippen molar-refractivity contribution in [2.45, 2.75) is 25.4 Å². The van der Waals surface area contributed by atoms with Crippen molar-refractivity contribution in [2.24, 2.45) is 0 Å². The number of carbonyl (C=O) groups is 2. The van der Waals surface area contributed by atoms with E-state index in [2.05, 4.69) is 5.32 Å². The maximum atomic E-state index is 13.0. The van der Waals surface area contributed by atoms with Crippen LogP contribution in [0.5, 0.6) is 5.75 Å². The molecule has 3 aromatic carbocycles. The molecule has 2 atom stereocenters. The average molecular weight is 400 g/mol. The third kappa shape index (κ3) is 3.92. The number of amides is 2. The number of nitrogens with zero attached hydrogens (tertiary/aromatic N) is 1. The van der Waals surface area contributed by atoms with Crippen LogP contribution in [0.15, 0.2) is 78.9 Å². The number of anilines is 1. The van der Waals surface area contributed by atoms with Gasteiger partial charge in [-0.1, -0.05) is 60.2 Å². The third-order valence-corrected chi connectivity index (χ3v) is 5.39. The van der Waals surface area contributed by atoms with Gasteiger partial charge in [-0.05, 0) is 42.3 Å². The molecule has 1 aliphatic heterocycles. The van der Waals surface area contributed by atoms with Gasteiger partial charge in [-0.15, -0.1) is 0 Å². The molecular formula is C25H24N2O3. The summed E-state index contributed by atoms with van der Waals surface area (Å²) < 4.78 is 5.25. The zero-order valence-corrected chi connectivity index (χ0v) is 17.0. The van der Waals surface area contributed by atoms with E-state index in [-0.39, 0.29) is 24.3 Å². The van der Waals surface area contributed by atoms with Gasteiger partial charge in [0.2, 0.25) is 5.91 Å². The molecule has 3 aromatic rings. The number of methoxy groups -OCH3 is 1. The highest BCUT2D eigenvalue weighted by atomic mass is 16.5. The lowest BCUT2D eigenvalue weighted by atomic mass is 9.87. The number of ether oxygens (including phenoxy) is 1. The quantitative estimate of drug-likeness (QED) is 0.640. The van der Waals surface area contributed by atoms with Crippen LogP contribution in [0.4, 0.5) is 5.69 Å². The number of benzene rings is 3. The number of β-lactam (4-membered cyclic amide) rings is 1. The number of hydrogen-bond donors (Lipinski definition) is 1. The van der Waals surface area contributed by atoms with E-state index in [0.29, 0.717) is 0 Å². The number of carbonyl (C=O) groups excluding carboxylic acids is 2. The van der Waals surface area contributed by atoms with Crippen molar-refractivity contribution in [3.8, 4) is 5.75 Å². The summed E-state index contributed by atoms with van der Waals surface area (Å²) in [5.41, 5.74) is 3.81. The third-order valence-electron chi connectivity index (χ3n) is 5.39.